The van der Waals surface area contributed by atoms with Gasteiger partial charge in [-0.1, -0.05) is 44.2 Å². The van der Waals surface area contributed by atoms with Crippen LogP contribution in [0.2, 0.25) is 0 Å². The van der Waals surface area contributed by atoms with E-state index in [0.29, 0.717) is 12.3 Å². The zero-order valence-electron chi connectivity index (χ0n) is 12.6. The number of hydrogen-bond acceptors (Lipinski definition) is 3. The zero-order valence-corrected chi connectivity index (χ0v) is 12.6. The molecule has 0 aromatic heterocycles. The van der Waals surface area contributed by atoms with Crippen LogP contribution in [0.5, 0.6) is 0 Å². The van der Waals surface area contributed by atoms with Crippen LogP contribution >= 0.6 is 0 Å². The van der Waals surface area contributed by atoms with Gasteiger partial charge in [-0.3, -0.25) is 0 Å². The molecule has 1 atom stereocenters. The molecular weight excluding hydrogens is 238 g/mol. The Morgan fingerprint density at radius 1 is 1.21 bits per heavy atom. The van der Waals surface area contributed by atoms with Gasteiger partial charge >= 0.3 is 5.97 Å². The third-order valence-electron chi connectivity index (χ3n) is 2.78. The fraction of sp³-hybridized carbons (Fsp3) is 0.562. The van der Waals surface area contributed by atoms with E-state index in [1.54, 1.807) is 0 Å². The highest BCUT2D eigenvalue weighted by molar-refractivity contribution is 5.82. The van der Waals surface area contributed by atoms with Crippen molar-refractivity contribution in [2.75, 3.05) is 0 Å². The Morgan fingerprint density at radius 3 is 2.16 bits per heavy atom. The van der Waals surface area contributed by atoms with E-state index in [1.165, 1.54) is 0 Å². The molecule has 0 spiro atoms. The van der Waals surface area contributed by atoms with Crippen LogP contribution in [0, 0.1) is 5.92 Å². The van der Waals surface area contributed by atoms with E-state index >= 15 is 0 Å². The van der Waals surface area contributed by atoms with Crippen molar-refractivity contribution in [1.29, 1.82) is 0 Å². The summed E-state index contributed by atoms with van der Waals surface area (Å²) in [6, 6.07) is 9.45. The Balaban J connectivity index is 3.10. The molecule has 0 fully saturated rings. The molecule has 0 aliphatic carbocycles. The summed E-state index contributed by atoms with van der Waals surface area (Å²) in [5, 5.41) is 0. The number of carbonyl (C=O) groups is 1. The molecule has 0 heterocycles. The number of carbonyl (C=O) groups excluding carboxylic acids is 1. The van der Waals surface area contributed by atoms with Gasteiger partial charge in [-0.2, -0.15) is 0 Å². The summed E-state index contributed by atoms with van der Waals surface area (Å²) < 4.78 is 5.49. The molecule has 19 heavy (non-hydrogen) atoms. The van der Waals surface area contributed by atoms with Crippen molar-refractivity contribution < 1.29 is 9.53 Å². The van der Waals surface area contributed by atoms with Crippen LogP contribution in [-0.2, 0) is 15.1 Å². The first-order valence-corrected chi connectivity index (χ1v) is 6.73. The van der Waals surface area contributed by atoms with Crippen LogP contribution in [-0.4, -0.2) is 11.6 Å². The summed E-state index contributed by atoms with van der Waals surface area (Å²) in [4.78, 5) is 12.5. The minimum absolute atomic E-state index is 0.303. The second-order valence-electron chi connectivity index (χ2n) is 6.44. The highest BCUT2D eigenvalue weighted by Gasteiger charge is 2.40. The SMILES string of the molecule is CC(C)CC(N)(C(=O)OC(C)(C)C)c1ccccc1. The van der Waals surface area contributed by atoms with Gasteiger partial charge in [-0.05, 0) is 38.7 Å². The third-order valence-corrected chi connectivity index (χ3v) is 2.78. The predicted molar refractivity (Wildman–Crippen MR) is 77.6 cm³/mol. The number of benzene rings is 1. The Bertz CT molecular complexity index is 420. The molecule has 3 heteroatoms. The molecule has 0 radical (unpaired) electrons. The fourth-order valence-electron chi connectivity index (χ4n) is 2.07. The molecule has 0 aliphatic heterocycles. The van der Waals surface area contributed by atoms with Crippen LogP contribution in [0.4, 0.5) is 0 Å². The summed E-state index contributed by atoms with van der Waals surface area (Å²) in [6.07, 6.45) is 0.561. The number of hydrogen-bond donors (Lipinski definition) is 1. The summed E-state index contributed by atoms with van der Waals surface area (Å²) >= 11 is 0. The van der Waals surface area contributed by atoms with Crippen molar-refractivity contribution in [2.24, 2.45) is 11.7 Å². The minimum atomic E-state index is -1.08. The van der Waals surface area contributed by atoms with Gasteiger partial charge in [0.2, 0.25) is 0 Å². The Labute approximate surface area is 116 Å². The first-order valence-electron chi connectivity index (χ1n) is 6.73. The van der Waals surface area contributed by atoms with Gasteiger partial charge in [0.1, 0.15) is 11.1 Å². The van der Waals surface area contributed by atoms with Crippen LogP contribution < -0.4 is 5.73 Å². The summed E-state index contributed by atoms with van der Waals surface area (Å²) in [7, 11) is 0. The number of esters is 1. The number of nitrogens with two attached hydrogens (primary N) is 1. The first-order chi connectivity index (χ1) is 8.65. The van der Waals surface area contributed by atoms with Crippen LogP contribution in [0.3, 0.4) is 0 Å². The van der Waals surface area contributed by atoms with Gasteiger partial charge in [0.15, 0.2) is 0 Å². The monoisotopic (exact) mass is 263 g/mol. The Hall–Kier alpha value is -1.35. The molecule has 0 saturated carbocycles. The Morgan fingerprint density at radius 2 is 1.74 bits per heavy atom. The van der Waals surface area contributed by atoms with Crippen molar-refractivity contribution >= 4 is 5.97 Å². The maximum atomic E-state index is 12.5. The first kappa shape index (κ1) is 15.7. The molecule has 3 nitrogen and oxygen atoms in total. The molecule has 1 rings (SSSR count). The van der Waals surface area contributed by atoms with Crippen LogP contribution in [0.15, 0.2) is 30.3 Å². The van der Waals surface area contributed by atoms with Gasteiger partial charge in [0.05, 0.1) is 0 Å². The molecule has 0 amide bonds. The van der Waals surface area contributed by atoms with Gasteiger partial charge in [-0.25, -0.2) is 4.79 Å². The topological polar surface area (TPSA) is 52.3 Å². The summed E-state index contributed by atoms with van der Waals surface area (Å²) in [6.45, 7) is 9.66. The molecule has 0 saturated heterocycles. The van der Waals surface area contributed by atoms with Crippen molar-refractivity contribution in [3.63, 3.8) is 0 Å². The van der Waals surface area contributed by atoms with E-state index < -0.39 is 11.1 Å². The van der Waals surface area contributed by atoms with Crippen molar-refractivity contribution in [3.8, 4) is 0 Å². The highest BCUT2D eigenvalue weighted by Crippen LogP contribution is 2.29. The third kappa shape index (κ3) is 4.35. The molecule has 1 unspecified atom stereocenters. The average Bonchev–Trinajstić information content (AvgIpc) is 2.26. The maximum Gasteiger partial charge on any atom is 0.331 e. The molecule has 0 bridgehead atoms. The van der Waals surface area contributed by atoms with E-state index in [1.807, 2.05) is 51.1 Å². The van der Waals surface area contributed by atoms with E-state index in [9.17, 15) is 4.79 Å². The van der Waals surface area contributed by atoms with E-state index in [2.05, 4.69) is 13.8 Å². The van der Waals surface area contributed by atoms with Gasteiger partial charge in [0, 0.05) is 0 Å². The molecule has 1 aromatic carbocycles. The van der Waals surface area contributed by atoms with Gasteiger partial charge in [0.25, 0.3) is 0 Å². The van der Waals surface area contributed by atoms with E-state index in [4.69, 9.17) is 10.5 Å². The van der Waals surface area contributed by atoms with Crippen molar-refractivity contribution in [3.05, 3.63) is 35.9 Å². The molecule has 2 N–H and O–H groups in total. The predicted octanol–water partition coefficient (Wildman–Crippen LogP) is 3.23. The summed E-state index contributed by atoms with van der Waals surface area (Å²) in [5.41, 5.74) is 5.59. The normalized spacial score (nSPS) is 15.1. The quantitative estimate of drug-likeness (QED) is 0.848. The Kier molecular flexibility index (Phi) is 4.75. The van der Waals surface area contributed by atoms with E-state index in [-0.39, 0.29) is 5.97 Å². The second-order valence-corrected chi connectivity index (χ2v) is 6.44. The lowest BCUT2D eigenvalue weighted by atomic mass is 9.83. The largest absolute Gasteiger partial charge is 0.458 e. The number of rotatable bonds is 4. The number of ether oxygens (including phenoxy) is 1. The molecule has 0 aliphatic rings. The average molecular weight is 263 g/mol. The molecule has 1 aromatic rings. The zero-order chi connectivity index (χ0) is 14.7. The molecular formula is C16H25NO2. The fourth-order valence-corrected chi connectivity index (χ4v) is 2.07. The molecule has 106 valence electrons. The smallest absolute Gasteiger partial charge is 0.331 e. The lowest BCUT2D eigenvalue weighted by Crippen LogP contribution is -2.49. The second kappa shape index (κ2) is 5.74. The van der Waals surface area contributed by atoms with Gasteiger partial charge in [-0.15, -0.1) is 0 Å². The maximum absolute atomic E-state index is 12.5. The lowest BCUT2D eigenvalue weighted by molar-refractivity contribution is -0.163. The van der Waals surface area contributed by atoms with Crippen molar-refractivity contribution in [1.82, 2.24) is 0 Å². The standard InChI is InChI=1S/C16H25NO2/c1-12(2)11-16(17,13-9-7-6-8-10-13)14(18)19-15(3,4)5/h6-10,12H,11,17H2,1-5H3. The summed E-state index contributed by atoms with van der Waals surface area (Å²) in [5.74, 6) is -0.0578. The lowest BCUT2D eigenvalue weighted by Gasteiger charge is -2.32. The van der Waals surface area contributed by atoms with Gasteiger partial charge < -0.3 is 10.5 Å². The van der Waals surface area contributed by atoms with Crippen LogP contribution in [0.25, 0.3) is 0 Å². The van der Waals surface area contributed by atoms with E-state index in [0.717, 1.165) is 5.56 Å². The van der Waals surface area contributed by atoms with Crippen molar-refractivity contribution in [2.45, 2.75) is 52.2 Å². The van der Waals surface area contributed by atoms with Crippen LogP contribution in [0.1, 0.15) is 46.6 Å². The highest BCUT2D eigenvalue weighted by atomic mass is 16.6. The minimum Gasteiger partial charge on any atom is -0.458 e.